The van der Waals surface area contributed by atoms with Gasteiger partial charge in [0.15, 0.2) is 0 Å². The third-order valence-corrected chi connectivity index (χ3v) is 6.37. The number of benzene rings is 2. The molecule has 1 aromatic heterocycles. The van der Waals surface area contributed by atoms with Crippen molar-refractivity contribution in [3.8, 4) is 0 Å². The molecule has 0 radical (unpaired) electrons. The van der Waals surface area contributed by atoms with E-state index in [1.165, 1.54) is 5.56 Å². The third-order valence-electron chi connectivity index (χ3n) is 6.37. The normalized spacial score (nSPS) is 14.1. The number of nitrogens with zero attached hydrogens (tertiary/aromatic N) is 2. The second kappa shape index (κ2) is 11.0. The van der Waals surface area contributed by atoms with Crippen molar-refractivity contribution in [2.24, 2.45) is 5.92 Å². The highest BCUT2D eigenvalue weighted by Gasteiger charge is 2.27. The number of hydrogen-bond acceptors (Lipinski definition) is 3. The number of piperidine rings is 1. The summed E-state index contributed by atoms with van der Waals surface area (Å²) >= 11 is 0. The van der Waals surface area contributed by atoms with Crippen molar-refractivity contribution >= 4 is 11.8 Å². The van der Waals surface area contributed by atoms with Gasteiger partial charge in [0.2, 0.25) is 5.43 Å². The zero-order chi connectivity index (χ0) is 23.9. The predicted octanol–water partition coefficient (Wildman–Crippen LogP) is 3.74. The quantitative estimate of drug-likeness (QED) is 0.588. The Kier molecular flexibility index (Phi) is 7.58. The molecule has 3 aromatic rings. The first-order chi connectivity index (χ1) is 16.5. The second-order valence-electron chi connectivity index (χ2n) is 8.86. The molecular weight excluding hydrogens is 426 g/mol. The molecule has 0 atom stereocenters. The van der Waals surface area contributed by atoms with Crippen LogP contribution in [0.1, 0.15) is 51.6 Å². The van der Waals surface area contributed by atoms with E-state index >= 15 is 0 Å². The highest BCUT2D eigenvalue weighted by atomic mass is 16.2. The van der Waals surface area contributed by atoms with Gasteiger partial charge in [0, 0.05) is 38.6 Å². The molecule has 1 aliphatic rings. The van der Waals surface area contributed by atoms with Crippen LogP contribution in [0, 0.1) is 5.92 Å². The van der Waals surface area contributed by atoms with Crippen molar-refractivity contribution in [2.45, 2.75) is 32.7 Å². The predicted molar refractivity (Wildman–Crippen MR) is 133 cm³/mol. The molecule has 0 unspecified atom stereocenters. The minimum Gasteiger partial charge on any atom is -0.352 e. The Hall–Kier alpha value is -3.67. The SMILES string of the molecule is CCNC(=O)c1cn(Cc2ccccc2)cc(C(=O)N2CCC(Cc3ccccc3)CC2)c1=O. The lowest BCUT2D eigenvalue weighted by Crippen LogP contribution is -2.42. The first-order valence-electron chi connectivity index (χ1n) is 11.9. The summed E-state index contributed by atoms with van der Waals surface area (Å²) < 4.78 is 1.76. The summed E-state index contributed by atoms with van der Waals surface area (Å²) in [7, 11) is 0. The van der Waals surface area contributed by atoms with Gasteiger partial charge in [-0.1, -0.05) is 60.7 Å². The molecule has 1 aliphatic heterocycles. The molecule has 0 spiro atoms. The summed E-state index contributed by atoms with van der Waals surface area (Å²) in [5.74, 6) is -0.232. The van der Waals surface area contributed by atoms with E-state index in [1.54, 1.807) is 28.8 Å². The molecule has 176 valence electrons. The number of aromatic nitrogens is 1. The first-order valence-corrected chi connectivity index (χ1v) is 11.9. The molecule has 1 N–H and O–H groups in total. The van der Waals surface area contributed by atoms with Crippen molar-refractivity contribution in [3.05, 3.63) is 106 Å². The lowest BCUT2D eigenvalue weighted by Gasteiger charge is -2.32. The lowest BCUT2D eigenvalue weighted by atomic mass is 9.90. The fourth-order valence-corrected chi connectivity index (χ4v) is 4.54. The highest BCUT2D eigenvalue weighted by molar-refractivity contribution is 5.99. The van der Waals surface area contributed by atoms with Gasteiger partial charge in [-0.05, 0) is 43.2 Å². The van der Waals surface area contributed by atoms with E-state index in [2.05, 4.69) is 29.6 Å². The van der Waals surface area contributed by atoms with Crippen LogP contribution in [0.25, 0.3) is 0 Å². The minimum absolute atomic E-state index is 0.00240. The highest BCUT2D eigenvalue weighted by Crippen LogP contribution is 2.22. The van der Waals surface area contributed by atoms with E-state index in [1.807, 2.05) is 36.4 Å². The van der Waals surface area contributed by atoms with Crippen LogP contribution in [0.2, 0.25) is 0 Å². The van der Waals surface area contributed by atoms with Gasteiger partial charge in [-0.3, -0.25) is 14.4 Å². The van der Waals surface area contributed by atoms with Crippen LogP contribution in [0.3, 0.4) is 0 Å². The maximum atomic E-state index is 13.4. The van der Waals surface area contributed by atoms with Crippen LogP contribution in [-0.2, 0) is 13.0 Å². The largest absolute Gasteiger partial charge is 0.352 e. The topological polar surface area (TPSA) is 71.4 Å². The molecule has 0 saturated carbocycles. The van der Waals surface area contributed by atoms with E-state index in [-0.39, 0.29) is 17.0 Å². The van der Waals surface area contributed by atoms with Gasteiger partial charge in [0.05, 0.1) is 0 Å². The number of rotatable bonds is 7. The van der Waals surface area contributed by atoms with Crippen LogP contribution in [0.15, 0.2) is 77.9 Å². The van der Waals surface area contributed by atoms with E-state index in [9.17, 15) is 14.4 Å². The summed E-state index contributed by atoms with van der Waals surface area (Å²) in [5.41, 5.74) is 1.88. The van der Waals surface area contributed by atoms with Crippen LogP contribution < -0.4 is 10.7 Å². The number of nitrogens with one attached hydrogen (secondary N) is 1. The van der Waals surface area contributed by atoms with Crippen LogP contribution in [0.4, 0.5) is 0 Å². The number of hydrogen-bond donors (Lipinski definition) is 1. The average molecular weight is 458 g/mol. The van der Waals surface area contributed by atoms with Crippen molar-refractivity contribution < 1.29 is 9.59 Å². The van der Waals surface area contributed by atoms with Gasteiger partial charge in [-0.25, -0.2) is 0 Å². The minimum atomic E-state index is -0.508. The van der Waals surface area contributed by atoms with Crippen molar-refractivity contribution in [1.29, 1.82) is 0 Å². The first kappa shape index (κ1) is 23.5. The molecule has 2 amide bonds. The molecule has 6 heteroatoms. The Bertz CT molecular complexity index is 1180. The zero-order valence-corrected chi connectivity index (χ0v) is 19.6. The molecule has 1 saturated heterocycles. The molecule has 2 aromatic carbocycles. The van der Waals surface area contributed by atoms with E-state index in [0.29, 0.717) is 32.1 Å². The molecule has 4 rings (SSSR count). The second-order valence-corrected chi connectivity index (χ2v) is 8.86. The Morgan fingerprint density at radius 3 is 2.09 bits per heavy atom. The van der Waals surface area contributed by atoms with E-state index in [4.69, 9.17) is 0 Å². The van der Waals surface area contributed by atoms with Crippen LogP contribution in [-0.4, -0.2) is 40.9 Å². The molecule has 6 nitrogen and oxygen atoms in total. The molecule has 2 heterocycles. The third kappa shape index (κ3) is 5.63. The Morgan fingerprint density at radius 2 is 1.47 bits per heavy atom. The van der Waals surface area contributed by atoms with Crippen molar-refractivity contribution in [1.82, 2.24) is 14.8 Å². The smallest absolute Gasteiger partial charge is 0.259 e. The average Bonchev–Trinajstić information content (AvgIpc) is 2.86. The number of amides is 2. The maximum Gasteiger partial charge on any atom is 0.259 e. The zero-order valence-electron chi connectivity index (χ0n) is 19.6. The molecule has 34 heavy (non-hydrogen) atoms. The molecule has 0 aliphatic carbocycles. The number of pyridine rings is 1. The number of carbonyl (C=O) groups excluding carboxylic acids is 2. The fraction of sp³-hybridized carbons (Fsp3) is 0.321. The summed E-state index contributed by atoms with van der Waals surface area (Å²) in [6.45, 7) is 3.89. The maximum absolute atomic E-state index is 13.4. The summed E-state index contributed by atoms with van der Waals surface area (Å²) in [6, 6.07) is 20.2. The van der Waals surface area contributed by atoms with Gasteiger partial charge < -0.3 is 14.8 Å². The Balaban J connectivity index is 1.54. The van der Waals surface area contributed by atoms with E-state index in [0.717, 1.165) is 24.8 Å². The van der Waals surface area contributed by atoms with Gasteiger partial charge in [-0.2, -0.15) is 0 Å². The van der Waals surface area contributed by atoms with Gasteiger partial charge in [0.25, 0.3) is 11.8 Å². The van der Waals surface area contributed by atoms with Crippen LogP contribution >= 0.6 is 0 Å². The van der Waals surface area contributed by atoms with Crippen LogP contribution in [0.5, 0.6) is 0 Å². The standard InChI is InChI=1S/C28H31N3O3/c1-2-29-27(33)24-19-30(18-23-11-7-4-8-12-23)20-25(26(24)32)28(34)31-15-13-22(14-16-31)17-21-9-5-3-6-10-21/h3-12,19-20,22H,2,13-18H2,1H3,(H,29,33). The van der Waals surface area contributed by atoms with Crippen molar-refractivity contribution in [3.63, 3.8) is 0 Å². The molecular formula is C28H31N3O3. The summed E-state index contributed by atoms with van der Waals surface area (Å²) in [5, 5.41) is 2.69. The Morgan fingerprint density at radius 1 is 0.882 bits per heavy atom. The summed E-state index contributed by atoms with van der Waals surface area (Å²) in [4.78, 5) is 40.9. The van der Waals surface area contributed by atoms with Gasteiger partial charge in [0.1, 0.15) is 11.1 Å². The number of carbonyl (C=O) groups is 2. The lowest BCUT2D eigenvalue weighted by molar-refractivity contribution is 0.0688. The Labute approximate surface area is 200 Å². The fourth-order valence-electron chi connectivity index (χ4n) is 4.54. The van der Waals surface area contributed by atoms with Crippen molar-refractivity contribution in [2.75, 3.05) is 19.6 Å². The molecule has 1 fully saturated rings. The summed E-state index contributed by atoms with van der Waals surface area (Å²) in [6.07, 6.45) is 5.93. The molecule has 0 bridgehead atoms. The number of likely N-dealkylation sites (tertiary alicyclic amines) is 1. The van der Waals surface area contributed by atoms with E-state index < -0.39 is 11.3 Å². The van der Waals surface area contributed by atoms with Gasteiger partial charge >= 0.3 is 0 Å². The monoisotopic (exact) mass is 457 g/mol. The van der Waals surface area contributed by atoms with Gasteiger partial charge in [-0.15, -0.1) is 0 Å².